The number of halogens is 1. The molecule has 0 amide bonds. The number of ether oxygens (including phenoxy) is 2. The summed E-state index contributed by atoms with van der Waals surface area (Å²) < 4.78 is 13.1. The van der Waals surface area contributed by atoms with Gasteiger partial charge in [0.05, 0.1) is 18.4 Å². The molecule has 0 aliphatic carbocycles. The lowest BCUT2D eigenvalue weighted by molar-refractivity contribution is -0.0190. The Morgan fingerprint density at radius 1 is 1.07 bits per heavy atom. The highest BCUT2D eigenvalue weighted by atomic mass is 79.9. The van der Waals surface area contributed by atoms with Crippen molar-refractivity contribution >= 4 is 21.6 Å². The number of nitrogens with zero attached hydrogens (tertiary/aromatic N) is 2. The van der Waals surface area contributed by atoms with Crippen molar-refractivity contribution in [2.75, 3.05) is 6.61 Å². The second-order valence-corrected chi connectivity index (χ2v) is 8.58. The lowest BCUT2D eigenvalue weighted by Gasteiger charge is -2.38. The van der Waals surface area contributed by atoms with E-state index in [0.717, 1.165) is 44.8 Å². The molecule has 4 nitrogen and oxygen atoms in total. The van der Waals surface area contributed by atoms with Crippen LogP contribution in [-0.4, -0.2) is 17.3 Å². The predicted octanol–water partition coefficient (Wildman–Crippen LogP) is 6.40. The van der Waals surface area contributed by atoms with Crippen molar-refractivity contribution in [3.05, 3.63) is 93.5 Å². The molecule has 5 rings (SSSR count). The third kappa shape index (κ3) is 3.47. The molecular weight excluding hydrogens is 440 g/mol. The van der Waals surface area contributed by atoms with Gasteiger partial charge in [-0.25, -0.2) is 5.01 Å². The highest BCUT2D eigenvalue weighted by Crippen LogP contribution is 2.48. The van der Waals surface area contributed by atoms with Crippen LogP contribution in [0.3, 0.4) is 0 Å². The minimum Gasteiger partial charge on any atom is -0.494 e. The van der Waals surface area contributed by atoms with E-state index in [1.165, 1.54) is 5.56 Å². The quantitative estimate of drug-likeness (QED) is 0.449. The average molecular weight is 463 g/mol. The van der Waals surface area contributed by atoms with E-state index in [0.29, 0.717) is 6.61 Å². The molecule has 0 radical (unpaired) electrons. The number of hydrogen-bond donors (Lipinski definition) is 0. The van der Waals surface area contributed by atoms with Gasteiger partial charge in [0.25, 0.3) is 0 Å². The van der Waals surface area contributed by atoms with Crippen LogP contribution in [0.2, 0.25) is 0 Å². The zero-order valence-electron chi connectivity index (χ0n) is 17.0. The van der Waals surface area contributed by atoms with Crippen molar-refractivity contribution in [2.45, 2.75) is 32.5 Å². The fraction of sp³-hybridized carbons (Fsp3) is 0.240. The fourth-order valence-corrected chi connectivity index (χ4v) is 4.47. The fourth-order valence-electron chi connectivity index (χ4n) is 4.09. The van der Waals surface area contributed by atoms with Crippen LogP contribution in [-0.2, 0) is 0 Å². The van der Waals surface area contributed by atoms with Crippen LogP contribution in [0.1, 0.15) is 47.9 Å². The second-order valence-electron chi connectivity index (χ2n) is 7.67. The number of fused-ring (bicyclic) bond motifs is 3. The summed E-state index contributed by atoms with van der Waals surface area (Å²) in [4.78, 5) is 0. The van der Waals surface area contributed by atoms with Crippen LogP contribution in [0.4, 0.5) is 0 Å². The largest absolute Gasteiger partial charge is 0.494 e. The number of benzene rings is 3. The first-order valence-corrected chi connectivity index (χ1v) is 11.0. The predicted molar refractivity (Wildman–Crippen MR) is 122 cm³/mol. The van der Waals surface area contributed by atoms with E-state index >= 15 is 0 Å². The molecule has 2 atom stereocenters. The Bertz CT molecular complexity index is 1090. The second kappa shape index (κ2) is 7.80. The van der Waals surface area contributed by atoms with Gasteiger partial charge in [0.1, 0.15) is 11.5 Å². The summed E-state index contributed by atoms with van der Waals surface area (Å²) in [5.41, 5.74) is 5.69. The number of aryl methyl sites for hydroxylation is 1. The van der Waals surface area contributed by atoms with Gasteiger partial charge < -0.3 is 9.47 Å². The Morgan fingerprint density at radius 3 is 2.57 bits per heavy atom. The maximum atomic E-state index is 6.44. The summed E-state index contributed by atoms with van der Waals surface area (Å²) in [5, 5.41) is 7.15. The van der Waals surface area contributed by atoms with Crippen LogP contribution in [0.5, 0.6) is 11.5 Å². The number of hydrazone groups is 1. The maximum Gasteiger partial charge on any atom is 0.213 e. The molecule has 0 saturated heterocycles. The van der Waals surface area contributed by atoms with Crippen molar-refractivity contribution in [3.8, 4) is 11.5 Å². The SMILES string of the molecule is CCOc1ccc(C2=NN3[C@@H](C2)c2cc(Br)ccc2O[C@H]3c2ccc(C)cc2)cc1. The molecule has 2 aliphatic rings. The Hall–Kier alpha value is -2.79. The molecule has 152 valence electrons. The molecule has 0 aromatic heterocycles. The molecule has 30 heavy (non-hydrogen) atoms. The topological polar surface area (TPSA) is 34.1 Å². The molecule has 2 aliphatic heterocycles. The van der Waals surface area contributed by atoms with Crippen LogP contribution in [0.15, 0.2) is 76.3 Å². The molecule has 3 aromatic carbocycles. The third-order valence-corrected chi connectivity index (χ3v) is 6.11. The average Bonchev–Trinajstić information content (AvgIpc) is 3.21. The summed E-state index contributed by atoms with van der Waals surface area (Å²) in [6.45, 7) is 4.75. The van der Waals surface area contributed by atoms with E-state index in [9.17, 15) is 0 Å². The van der Waals surface area contributed by atoms with E-state index in [1.807, 2.05) is 31.2 Å². The number of hydrogen-bond acceptors (Lipinski definition) is 4. The van der Waals surface area contributed by atoms with Crippen LogP contribution < -0.4 is 9.47 Å². The van der Waals surface area contributed by atoms with Gasteiger partial charge >= 0.3 is 0 Å². The summed E-state index contributed by atoms with van der Waals surface area (Å²) in [7, 11) is 0. The molecule has 5 heteroatoms. The van der Waals surface area contributed by atoms with Crippen molar-refractivity contribution in [2.24, 2.45) is 5.10 Å². The molecule has 0 N–H and O–H groups in total. The van der Waals surface area contributed by atoms with Gasteiger partial charge in [0.15, 0.2) is 0 Å². The number of rotatable bonds is 4. The van der Waals surface area contributed by atoms with E-state index in [-0.39, 0.29) is 12.3 Å². The monoisotopic (exact) mass is 462 g/mol. The Morgan fingerprint density at radius 2 is 1.83 bits per heavy atom. The summed E-state index contributed by atoms with van der Waals surface area (Å²) in [6, 6.07) is 23.1. The van der Waals surface area contributed by atoms with Gasteiger partial charge in [0.2, 0.25) is 6.23 Å². The minimum atomic E-state index is -0.246. The lowest BCUT2D eigenvalue weighted by Crippen LogP contribution is -2.33. The Balaban J connectivity index is 1.54. The molecule has 3 aromatic rings. The van der Waals surface area contributed by atoms with Crippen molar-refractivity contribution in [1.82, 2.24) is 5.01 Å². The molecule has 0 spiro atoms. The van der Waals surface area contributed by atoms with E-state index < -0.39 is 0 Å². The zero-order valence-corrected chi connectivity index (χ0v) is 18.6. The summed E-state index contributed by atoms with van der Waals surface area (Å²) in [6.07, 6.45) is 0.591. The highest BCUT2D eigenvalue weighted by Gasteiger charge is 2.41. The molecule has 0 saturated carbocycles. The summed E-state index contributed by atoms with van der Waals surface area (Å²) in [5.74, 6) is 1.81. The standard InChI is InChI=1S/C25H23BrN2O2/c1-3-29-20-11-8-17(9-12-20)22-15-23-21-14-19(26)10-13-24(21)30-25(28(23)27-22)18-6-4-16(2)5-7-18/h4-14,23,25H,3,15H2,1-2H3/t23-,25-/m0/s1. The first-order valence-electron chi connectivity index (χ1n) is 10.2. The first-order chi connectivity index (χ1) is 14.6. The summed E-state index contributed by atoms with van der Waals surface area (Å²) >= 11 is 3.61. The highest BCUT2D eigenvalue weighted by molar-refractivity contribution is 9.10. The first kappa shape index (κ1) is 19.2. The minimum absolute atomic E-state index is 0.138. The van der Waals surface area contributed by atoms with Crippen molar-refractivity contribution in [3.63, 3.8) is 0 Å². The van der Waals surface area contributed by atoms with Gasteiger partial charge in [-0.1, -0.05) is 45.8 Å². The third-order valence-electron chi connectivity index (χ3n) is 5.61. The Kier molecular flexibility index (Phi) is 4.99. The van der Waals surface area contributed by atoms with Gasteiger partial charge in [-0.2, -0.15) is 5.10 Å². The van der Waals surface area contributed by atoms with E-state index in [2.05, 4.69) is 70.3 Å². The van der Waals surface area contributed by atoms with Gasteiger partial charge in [-0.05, 0) is 61.9 Å². The Labute approximate surface area is 185 Å². The van der Waals surface area contributed by atoms with E-state index in [4.69, 9.17) is 14.6 Å². The zero-order chi connectivity index (χ0) is 20.7. The van der Waals surface area contributed by atoms with Gasteiger partial charge in [-0.15, -0.1) is 0 Å². The van der Waals surface area contributed by atoms with Crippen LogP contribution in [0, 0.1) is 6.92 Å². The molecule has 0 bridgehead atoms. The molecule has 0 unspecified atom stereocenters. The van der Waals surface area contributed by atoms with E-state index in [1.54, 1.807) is 0 Å². The lowest BCUT2D eigenvalue weighted by atomic mass is 9.96. The van der Waals surface area contributed by atoms with Crippen molar-refractivity contribution in [1.29, 1.82) is 0 Å². The normalized spacial score (nSPS) is 19.6. The maximum absolute atomic E-state index is 6.44. The molecular formula is C25H23BrN2O2. The van der Waals surface area contributed by atoms with Crippen LogP contribution in [0.25, 0.3) is 0 Å². The smallest absolute Gasteiger partial charge is 0.213 e. The van der Waals surface area contributed by atoms with Gasteiger partial charge in [0, 0.05) is 22.0 Å². The molecule has 2 heterocycles. The van der Waals surface area contributed by atoms with Crippen molar-refractivity contribution < 1.29 is 9.47 Å². The van der Waals surface area contributed by atoms with Gasteiger partial charge in [-0.3, -0.25) is 0 Å². The van der Waals surface area contributed by atoms with Crippen LogP contribution >= 0.6 is 15.9 Å². The molecule has 0 fully saturated rings.